The van der Waals surface area contributed by atoms with Crippen LogP contribution in [0.5, 0.6) is 0 Å². The quantitative estimate of drug-likeness (QED) is 0.849. The van der Waals surface area contributed by atoms with E-state index >= 15 is 0 Å². The maximum absolute atomic E-state index is 14.0. The van der Waals surface area contributed by atoms with Gasteiger partial charge in [0.2, 0.25) is 0 Å². The van der Waals surface area contributed by atoms with Crippen molar-refractivity contribution in [1.82, 2.24) is 15.0 Å². The average Bonchev–Trinajstić information content (AvgIpc) is 2.52. The summed E-state index contributed by atoms with van der Waals surface area (Å²) in [5, 5.41) is 0. The molecule has 5 heterocycles. The Hall–Kier alpha value is -2.24. The van der Waals surface area contributed by atoms with Crippen molar-refractivity contribution in [1.29, 1.82) is 0 Å². The maximum Gasteiger partial charge on any atom is 0.165 e. The number of anilines is 2. The smallest absolute Gasteiger partial charge is 0.165 e. The lowest BCUT2D eigenvalue weighted by Gasteiger charge is -2.57. The number of pyridine rings is 1. The zero-order valence-corrected chi connectivity index (χ0v) is 12.7. The molecular weight excluding hydrogens is 281 g/mol. The number of piperidine rings is 1. The Balaban J connectivity index is 1.58. The first-order valence-corrected chi connectivity index (χ1v) is 7.57. The highest BCUT2D eigenvalue weighted by atomic mass is 19.1. The number of fused-ring (bicyclic) bond motifs is 2. The van der Waals surface area contributed by atoms with Crippen LogP contribution in [0.1, 0.15) is 17.7 Å². The first-order chi connectivity index (χ1) is 10.6. The highest BCUT2D eigenvalue weighted by Crippen LogP contribution is 2.38. The van der Waals surface area contributed by atoms with E-state index in [4.69, 9.17) is 0 Å². The van der Waals surface area contributed by atoms with Crippen molar-refractivity contribution in [2.24, 2.45) is 0 Å². The van der Waals surface area contributed by atoms with Gasteiger partial charge in [0.15, 0.2) is 11.6 Å². The van der Waals surface area contributed by atoms with Gasteiger partial charge < -0.3 is 9.80 Å². The van der Waals surface area contributed by atoms with Crippen LogP contribution in [-0.4, -0.2) is 40.1 Å². The van der Waals surface area contributed by atoms with Gasteiger partial charge in [-0.05, 0) is 32.4 Å². The molecule has 0 N–H and O–H groups in total. The highest BCUT2D eigenvalue weighted by Gasteiger charge is 2.46. The molecule has 0 saturated carbocycles. The summed E-state index contributed by atoms with van der Waals surface area (Å²) in [4.78, 5) is 17.3. The van der Waals surface area contributed by atoms with Gasteiger partial charge in [-0.1, -0.05) is 0 Å². The van der Waals surface area contributed by atoms with Crippen LogP contribution in [0.2, 0.25) is 0 Å². The summed E-state index contributed by atoms with van der Waals surface area (Å²) < 4.78 is 14.0. The van der Waals surface area contributed by atoms with E-state index in [0.717, 1.165) is 36.6 Å². The van der Waals surface area contributed by atoms with Crippen LogP contribution < -0.4 is 9.80 Å². The third kappa shape index (κ3) is 1.94. The molecule has 0 amide bonds. The summed E-state index contributed by atoms with van der Waals surface area (Å²) >= 11 is 0. The largest absolute Gasteiger partial charge is 0.352 e. The van der Waals surface area contributed by atoms with Crippen molar-refractivity contribution >= 4 is 11.6 Å². The number of piperazine rings is 1. The van der Waals surface area contributed by atoms with Crippen LogP contribution in [0.15, 0.2) is 24.7 Å². The Morgan fingerprint density at radius 3 is 2.59 bits per heavy atom. The van der Waals surface area contributed by atoms with Gasteiger partial charge in [0.1, 0.15) is 12.1 Å². The second kappa shape index (κ2) is 4.90. The molecule has 6 heteroatoms. The van der Waals surface area contributed by atoms with Crippen molar-refractivity contribution in [3.8, 4) is 0 Å². The van der Waals surface area contributed by atoms with Crippen LogP contribution >= 0.6 is 0 Å². The monoisotopic (exact) mass is 299 g/mol. The van der Waals surface area contributed by atoms with E-state index in [1.165, 1.54) is 6.07 Å². The van der Waals surface area contributed by atoms with Crippen molar-refractivity contribution in [2.45, 2.75) is 32.4 Å². The molecule has 2 bridgehead atoms. The normalized spacial score (nSPS) is 23.4. The van der Waals surface area contributed by atoms with Gasteiger partial charge in [0.05, 0.1) is 12.1 Å². The van der Waals surface area contributed by atoms with E-state index in [1.807, 2.05) is 6.92 Å². The Morgan fingerprint density at radius 1 is 1.09 bits per heavy atom. The average molecular weight is 299 g/mol. The van der Waals surface area contributed by atoms with Gasteiger partial charge >= 0.3 is 0 Å². The van der Waals surface area contributed by atoms with E-state index < -0.39 is 0 Å². The van der Waals surface area contributed by atoms with Crippen molar-refractivity contribution in [3.63, 3.8) is 0 Å². The highest BCUT2D eigenvalue weighted by molar-refractivity contribution is 5.55. The Morgan fingerprint density at radius 2 is 1.86 bits per heavy atom. The van der Waals surface area contributed by atoms with E-state index in [2.05, 4.69) is 31.7 Å². The van der Waals surface area contributed by atoms with Crippen LogP contribution in [0.25, 0.3) is 0 Å². The van der Waals surface area contributed by atoms with Gasteiger partial charge in [-0.15, -0.1) is 0 Å². The molecule has 2 atom stereocenters. The molecule has 3 saturated heterocycles. The fourth-order valence-electron chi connectivity index (χ4n) is 3.54. The van der Waals surface area contributed by atoms with E-state index in [9.17, 15) is 4.39 Å². The molecule has 3 aliphatic heterocycles. The van der Waals surface area contributed by atoms with Gasteiger partial charge in [-0.3, -0.25) is 0 Å². The number of hydrogen-bond acceptors (Lipinski definition) is 5. The minimum atomic E-state index is -0.236. The molecule has 3 aliphatic rings. The summed E-state index contributed by atoms with van der Waals surface area (Å²) in [7, 11) is 0. The third-order valence-corrected chi connectivity index (χ3v) is 4.79. The zero-order valence-electron chi connectivity index (χ0n) is 12.7. The number of rotatable bonds is 2. The Bertz CT molecular complexity index is 707. The summed E-state index contributed by atoms with van der Waals surface area (Å²) in [6.45, 7) is 5.76. The predicted molar refractivity (Wildman–Crippen MR) is 82.6 cm³/mol. The lowest BCUT2D eigenvalue weighted by Crippen LogP contribution is -2.69. The van der Waals surface area contributed by atoms with Gasteiger partial charge in [-0.2, -0.15) is 0 Å². The van der Waals surface area contributed by atoms with Crippen molar-refractivity contribution in [2.75, 3.05) is 22.9 Å². The first-order valence-electron chi connectivity index (χ1n) is 7.57. The molecule has 5 rings (SSSR count). The number of hydrogen-bond donors (Lipinski definition) is 0. The van der Waals surface area contributed by atoms with Crippen molar-refractivity contribution in [3.05, 3.63) is 41.7 Å². The molecule has 3 fully saturated rings. The Kier molecular flexibility index (Phi) is 2.99. The summed E-state index contributed by atoms with van der Waals surface area (Å²) in [6, 6.07) is 3.72. The number of halogens is 1. The molecule has 0 aromatic carbocycles. The van der Waals surface area contributed by atoms with Gasteiger partial charge in [-0.25, -0.2) is 19.3 Å². The zero-order chi connectivity index (χ0) is 15.3. The lowest BCUT2D eigenvalue weighted by atomic mass is 9.87. The predicted octanol–water partition coefficient (Wildman–Crippen LogP) is 2.10. The third-order valence-electron chi connectivity index (χ3n) is 4.79. The minimum Gasteiger partial charge on any atom is -0.352 e. The van der Waals surface area contributed by atoms with Crippen LogP contribution in [0.3, 0.4) is 0 Å². The molecule has 0 spiro atoms. The standard InChI is InChI=1S/C16H18FN5/c1-10-11(2)19-9-20-15(10)21-7-12-6-13(8-21)22(12)16-14(17)4-3-5-18-16/h3-5,9,12-13H,6-8H2,1-2H3. The van der Waals surface area contributed by atoms with Crippen LogP contribution in [-0.2, 0) is 0 Å². The van der Waals surface area contributed by atoms with E-state index in [1.54, 1.807) is 18.6 Å². The van der Waals surface area contributed by atoms with Gasteiger partial charge in [0, 0.05) is 30.5 Å². The van der Waals surface area contributed by atoms with Crippen LogP contribution in [0, 0.1) is 19.7 Å². The fourth-order valence-corrected chi connectivity index (χ4v) is 3.54. The maximum atomic E-state index is 14.0. The summed E-state index contributed by atoms with van der Waals surface area (Å²) in [5.74, 6) is 1.25. The molecule has 0 radical (unpaired) electrons. The second-order valence-electron chi connectivity index (χ2n) is 6.07. The van der Waals surface area contributed by atoms with E-state index in [0.29, 0.717) is 17.9 Å². The fraction of sp³-hybridized carbons (Fsp3) is 0.438. The summed E-state index contributed by atoms with van der Waals surface area (Å²) in [6.07, 6.45) is 4.37. The molecule has 22 heavy (non-hydrogen) atoms. The van der Waals surface area contributed by atoms with Crippen LogP contribution in [0.4, 0.5) is 16.0 Å². The lowest BCUT2D eigenvalue weighted by molar-refractivity contribution is 0.284. The molecule has 5 nitrogen and oxygen atoms in total. The number of nitrogens with zero attached hydrogens (tertiary/aromatic N) is 5. The SMILES string of the molecule is Cc1ncnc(N2CC3CC(C2)N3c2ncccc2F)c1C. The van der Waals surface area contributed by atoms with E-state index in [-0.39, 0.29) is 5.82 Å². The number of aryl methyl sites for hydroxylation is 1. The van der Waals surface area contributed by atoms with Gasteiger partial charge in [0.25, 0.3) is 0 Å². The number of aromatic nitrogens is 3. The molecule has 2 aromatic rings. The molecule has 2 unspecified atom stereocenters. The molecule has 114 valence electrons. The Labute approximate surface area is 128 Å². The topological polar surface area (TPSA) is 45.2 Å². The molecule has 0 aliphatic carbocycles. The first kappa shape index (κ1) is 13.4. The van der Waals surface area contributed by atoms with Crippen molar-refractivity contribution < 1.29 is 4.39 Å². The molecule has 2 aromatic heterocycles. The minimum absolute atomic E-state index is 0.236. The molecular formula is C16H18FN5. The summed E-state index contributed by atoms with van der Waals surface area (Å²) in [5.41, 5.74) is 2.14. The second-order valence-corrected chi connectivity index (χ2v) is 6.07.